The molecule has 0 radical (unpaired) electrons. The predicted octanol–water partition coefficient (Wildman–Crippen LogP) is 3.42. The van der Waals surface area contributed by atoms with Gasteiger partial charge in [-0.3, -0.25) is 9.48 Å². The van der Waals surface area contributed by atoms with Crippen LogP contribution in [0.4, 0.5) is 13.2 Å². The third-order valence-electron chi connectivity index (χ3n) is 5.27. The van der Waals surface area contributed by atoms with Crippen LogP contribution in [0.25, 0.3) is 11.3 Å². The number of ether oxygens (including phenoxy) is 3. The minimum absolute atomic E-state index is 0.130. The summed E-state index contributed by atoms with van der Waals surface area (Å²) in [7, 11) is 4.75. The first-order valence-corrected chi connectivity index (χ1v) is 9.95. The number of alkyl halides is 3. The van der Waals surface area contributed by atoms with E-state index in [9.17, 15) is 18.0 Å². The largest absolute Gasteiger partial charge is 0.497 e. The summed E-state index contributed by atoms with van der Waals surface area (Å²) in [4.78, 5) is 18.3. The van der Waals surface area contributed by atoms with Crippen LogP contribution < -0.4 is 14.2 Å². The van der Waals surface area contributed by atoms with E-state index < -0.39 is 17.8 Å². The molecule has 1 saturated heterocycles. The lowest BCUT2D eigenvalue weighted by Crippen LogP contribution is -2.56. The Kier molecular flexibility index (Phi) is 5.88. The lowest BCUT2D eigenvalue weighted by molar-refractivity contribution is -0.137. The van der Waals surface area contributed by atoms with Gasteiger partial charge in [0, 0.05) is 24.9 Å². The number of methoxy groups -OCH3 is 2. The van der Waals surface area contributed by atoms with Gasteiger partial charge in [0.15, 0.2) is 0 Å². The zero-order valence-corrected chi connectivity index (χ0v) is 18.1. The average molecular weight is 462 g/mol. The molecule has 0 aliphatic carbocycles. The van der Waals surface area contributed by atoms with Gasteiger partial charge < -0.3 is 19.1 Å². The van der Waals surface area contributed by atoms with Gasteiger partial charge in [-0.25, -0.2) is 4.98 Å². The zero-order chi connectivity index (χ0) is 23.8. The summed E-state index contributed by atoms with van der Waals surface area (Å²) in [5, 5.41) is 4.43. The molecule has 1 fully saturated rings. The Hall–Kier alpha value is -3.76. The highest BCUT2D eigenvalue weighted by atomic mass is 19.4. The van der Waals surface area contributed by atoms with E-state index in [2.05, 4.69) is 10.1 Å². The molecular formula is C22H21F3N4O4. The van der Waals surface area contributed by atoms with E-state index in [1.54, 1.807) is 45.5 Å². The fourth-order valence-corrected chi connectivity index (χ4v) is 3.47. The summed E-state index contributed by atoms with van der Waals surface area (Å²) in [5.41, 5.74) is 0.727. The fourth-order valence-electron chi connectivity index (χ4n) is 3.47. The van der Waals surface area contributed by atoms with Crippen LogP contribution in [0.1, 0.15) is 16.1 Å². The molecule has 1 aromatic carbocycles. The van der Waals surface area contributed by atoms with E-state index in [0.29, 0.717) is 28.5 Å². The maximum atomic E-state index is 12.9. The molecule has 2 aromatic heterocycles. The molecule has 3 aromatic rings. The monoisotopic (exact) mass is 462 g/mol. The first kappa shape index (κ1) is 22.4. The van der Waals surface area contributed by atoms with Gasteiger partial charge in [-0.15, -0.1) is 0 Å². The molecule has 0 bridgehead atoms. The second kappa shape index (κ2) is 8.64. The van der Waals surface area contributed by atoms with Gasteiger partial charge in [-0.2, -0.15) is 18.3 Å². The number of halogens is 3. The normalized spacial score (nSPS) is 14.1. The van der Waals surface area contributed by atoms with Crippen molar-refractivity contribution < 1.29 is 32.2 Å². The van der Waals surface area contributed by atoms with E-state index in [1.165, 1.54) is 9.58 Å². The van der Waals surface area contributed by atoms with Crippen LogP contribution in [0.15, 0.2) is 42.6 Å². The lowest BCUT2D eigenvalue weighted by atomic mass is 10.1. The Labute approximate surface area is 187 Å². The van der Waals surface area contributed by atoms with Crippen LogP contribution in [0.3, 0.4) is 0 Å². The first-order chi connectivity index (χ1) is 15.7. The third-order valence-corrected chi connectivity index (χ3v) is 5.27. The number of nitrogens with zero attached hydrogens (tertiary/aromatic N) is 4. The highest BCUT2D eigenvalue weighted by Crippen LogP contribution is 2.34. The lowest BCUT2D eigenvalue weighted by Gasteiger charge is -2.38. The van der Waals surface area contributed by atoms with Gasteiger partial charge in [0.05, 0.1) is 38.6 Å². The Morgan fingerprint density at radius 2 is 1.85 bits per heavy atom. The molecule has 0 unspecified atom stereocenters. The van der Waals surface area contributed by atoms with Crippen LogP contribution in [0, 0.1) is 0 Å². The van der Waals surface area contributed by atoms with E-state index in [1.807, 2.05) is 0 Å². The van der Waals surface area contributed by atoms with Crippen LogP contribution in [0.2, 0.25) is 0 Å². The second-order valence-corrected chi connectivity index (χ2v) is 7.44. The van der Waals surface area contributed by atoms with Gasteiger partial charge >= 0.3 is 6.18 Å². The Morgan fingerprint density at radius 3 is 2.52 bits per heavy atom. The molecule has 0 saturated carbocycles. The topological polar surface area (TPSA) is 78.7 Å². The number of pyridine rings is 1. The number of benzene rings is 1. The van der Waals surface area contributed by atoms with Crippen molar-refractivity contribution in [3.63, 3.8) is 0 Å². The van der Waals surface area contributed by atoms with Gasteiger partial charge in [0.1, 0.15) is 23.3 Å². The predicted molar refractivity (Wildman–Crippen MR) is 111 cm³/mol. The average Bonchev–Trinajstić information content (AvgIpc) is 3.16. The number of hydrogen-bond acceptors (Lipinski definition) is 6. The molecule has 1 amide bonds. The molecule has 1 aliphatic rings. The summed E-state index contributed by atoms with van der Waals surface area (Å²) in [6, 6.07) is 8.66. The second-order valence-electron chi connectivity index (χ2n) is 7.44. The quantitative estimate of drug-likeness (QED) is 0.559. The summed E-state index contributed by atoms with van der Waals surface area (Å²) in [6.45, 7) is 0.444. The van der Waals surface area contributed by atoms with Crippen molar-refractivity contribution >= 4 is 5.91 Å². The van der Waals surface area contributed by atoms with Crippen molar-refractivity contribution in [1.82, 2.24) is 19.7 Å². The van der Waals surface area contributed by atoms with Crippen molar-refractivity contribution in [1.29, 1.82) is 0 Å². The number of aromatic nitrogens is 3. The minimum atomic E-state index is -4.48. The van der Waals surface area contributed by atoms with Gasteiger partial charge in [0.2, 0.25) is 5.88 Å². The maximum absolute atomic E-state index is 12.9. The van der Waals surface area contributed by atoms with Crippen LogP contribution >= 0.6 is 0 Å². The summed E-state index contributed by atoms with van der Waals surface area (Å²) in [5.74, 6) is 0.805. The van der Waals surface area contributed by atoms with Crippen molar-refractivity contribution in [2.45, 2.75) is 12.3 Å². The number of carbonyl (C=O) groups is 1. The Bertz CT molecular complexity index is 1170. The molecule has 33 heavy (non-hydrogen) atoms. The van der Waals surface area contributed by atoms with Crippen LogP contribution in [0.5, 0.6) is 17.4 Å². The van der Waals surface area contributed by atoms with Crippen molar-refractivity contribution in [2.75, 3.05) is 27.3 Å². The van der Waals surface area contributed by atoms with Crippen molar-refractivity contribution in [3.8, 4) is 28.6 Å². The standard InChI is InChI=1S/C22H21F3N4O4/c1-28-18(10-17(27-28)16-9-14(31-2)4-5-19(16)32-3)21(30)29-11-15(12-29)33-20-8-13(6-7-26-20)22(23,24)25/h4-10,15H,11-12H2,1-3H3. The number of likely N-dealkylation sites (tertiary alicyclic amines) is 1. The molecule has 4 rings (SSSR count). The molecule has 0 atom stereocenters. The van der Waals surface area contributed by atoms with E-state index >= 15 is 0 Å². The third kappa shape index (κ3) is 4.57. The molecule has 0 N–H and O–H groups in total. The maximum Gasteiger partial charge on any atom is 0.416 e. The molecule has 8 nitrogen and oxygen atoms in total. The smallest absolute Gasteiger partial charge is 0.416 e. The zero-order valence-electron chi connectivity index (χ0n) is 18.1. The van der Waals surface area contributed by atoms with Gasteiger partial charge in [-0.1, -0.05) is 0 Å². The first-order valence-electron chi connectivity index (χ1n) is 9.95. The number of aryl methyl sites for hydroxylation is 1. The van der Waals surface area contributed by atoms with Gasteiger partial charge in [-0.05, 0) is 30.3 Å². The van der Waals surface area contributed by atoms with Crippen molar-refractivity contribution in [3.05, 3.63) is 53.9 Å². The number of carbonyl (C=O) groups excluding carboxylic acids is 1. The highest BCUT2D eigenvalue weighted by molar-refractivity contribution is 5.94. The number of rotatable bonds is 6. The van der Waals surface area contributed by atoms with Gasteiger partial charge in [0.25, 0.3) is 5.91 Å². The highest BCUT2D eigenvalue weighted by Gasteiger charge is 2.36. The van der Waals surface area contributed by atoms with Crippen LogP contribution in [-0.2, 0) is 13.2 Å². The van der Waals surface area contributed by atoms with Crippen LogP contribution in [-0.4, -0.2) is 59.0 Å². The molecular weight excluding hydrogens is 441 g/mol. The fraction of sp³-hybridized carbons (Fsp3) is 0.318. The molecule has 1 aliphatic heterocycles. The molecule has 11 heteroatoms. The van der Waals surface area contributed by atoms with E-state index in [4.69, 9.17) is 14.2 Å². The number of amides is 1. The van der Waals surface area contributed by atoms with E-state index in [0.717, 1.165) is 18.3 Å². The minimum Gasteiger partial charge on any atom is -0.497 e. The SMILES string of the molecule is COc1ccc(OC)c(-c2cc(C(=O)N3CC(Oc4cc(C(F)(F)F)ccn4)C3)n(C)n2)c1. The van der Waals surface area contributed by atoms with Crippen molar-refractivity contribution in [2.24, 2.45) is 7.05 Å². The number of hydrogen-bond donors (Lipinski definition) is 0. The summed E-state index contributed by atoms with van der Waals surface area (Å²) < 4.78 is 56.2. The summed E-state index contributed by atoms with van der Waals surface area (Å²) >= 11 is 0. The Balaban J connectivity index is 1.44. The Morgan fingerprint density at radius 1 is 1.09 bits per heavy atom. The molecule has 0 spiro atoms. The molecule has 3 heterocycles. The molecule has 174 valence electrons. The summed E-state index contributed by atoms with van der Waals surface area (Å²) in [6.07, 6.45) is -3.88. The van der Waals surface area contributed by atoms with E-state index in [-0.39, 0.29) is 24.9 Å².